The molecular formula is C6H9NO2. The summed E-state index contributed by atoms with van der Waals surface area (Å²) in [5, 5.41) is 1.57. The smallest absolute Gasteiger partial charge is 0.163 e. The Morgan fingerprint density at radius 1 is 1.78 bits per heavy atom. The average Bonchev–Trinajstić information content (AvgIpc) is 1.90. The lowest BCUT2D eigenvalue weighted by atomic mass is 10.3. The zero-order valence-corrected chi connectivity index (χ0v) is 5.17. The van der Waals surface area contributed by atoms with E-state index >= 15 is 0 Å². The van der Waals surface area contributed by atoms with Crippen LogP contribution in [0, 0.1) is 0 Å². The maximum Gasteiger partial charge on any atom is 0.163 e. The van der Waals surface area contributed by atoms with Gasteiger partial charge >= 0.3 is 0 Å². The summed E-state index contributed by atoms with van der Waals surface area (Å²) in [5.41, 5.74) is 0. The van der Waals surface area contributed by atoms with Crippen LogP contribution in [-0.4, -0.2) is 24.0 Å². The van der Waals surface area contributed by atoms with Gasteiger partial charge in [0.25, 0.3) is 0 Å². The third-order valence-corrected chi connectivity index (χ3v) is 1.21. The lowest BCUT2D eigenvalue weighted by Gasteiger charge is -2.22. The van der Waals surface area contributed by atoms with E-state index in [9.17, 15) is 4.79 Å². The number of carbonyl (C=O) groups is 1. The van der Waals surface area contributed by atoms with Gasteiger partial charge in [-0.1, -0.05) is 6.58 Å². The van der Waals surface area contributed by atoms with Crippen molar-refractivity contribution in [1.29, 1.82) is 0 Å². The molecule has 1 fully saturated rings. The molecule has 0 N–H and O–H groups in total. The van der Waals surface area contributed by atoms with Gasteiger partial charge in [0.1, 0.15) is 6.61 Å². The van der Waals surface area contributed by atoms with Crippen molar-refractivity contribution in [2.45, 2.75) is 6.42 Å². The van der Waals surface area contributed by atoms with Crippen LogP contribution in [-0.2, 0) is 9.63 Å². The summed E-state index contributed by atoms with van der Waals surface area (Å²) in [4.78, 5) is 15.4. The molecule has 0 spiro atoms. The highest BCUT2D eigenvalue weighted by atomic mass is 16.7. The van der Waals surface area contributed by atoms with Gasteiger partial charge in [-0.25, -0.2) is 0 Å². The van der Waals surface area contributed by atoms with Crippen LogP contribution in [0.15, 0.2) is 12.8 Å². The standard InChI is InChI=1S/C6H9NO2/c1-2-7-4-3-6(8)5-9-7/h2H,1,3-5H2. The molecule has 3 heteroatoms. The van der Waals surface area contributed by atoms with Gasteiger partial charge in [-0.3, -0.25) is 14.7 Å². The molecule has 1 rings (SSSR count). The fraction of sp³-hybridized carbons (Fsp3) is 0.500. The Morgan fingerprint density at radius 2 is 2.56 bits per heavy atom. The lowest BCUT2D eigenvalue weighted by molar-refractivity contribution is -0.164. The van der Waals surface area contributed by atoms with Crippen LogP contribution in [0.2, 0.25) is 0 Å². The van der Waals surface area contributed by atoms with Crippen molar-refractivity contribution in [1.82, 2.24) is 5.06 Å². The summed E-state index contributed by atoms with van der Waals surface area (Å²) in [6, 6.07) is 0. The van der Waals surface area contributed by atoms with Gasteiger partial charge in [-0.15, -0.1) is 0 Å². The quantitative estimate of drug-likeness (QED) is 0.508. The Kier molecular flexibility index (Phi) is 1.85. The molecule has 0 aliphatic carbocycles. The maximum atomic E-state index is 10.5. The van der Waals surface area contributed by atoms with Crippen molar-refractivity contribution in [3.63, 3.8) is 0 Å². The van der Waals surface area contributed by atoms with Crippen LogP contribution in [0.3, 0.4) is 0 Å². The van der Waals surface area contributed by atoms with E-state index in [4.69, 9.17) is 4.84 Å². The van der Waals surface area contributed by atoms with E-state index in [1.807, 2.05) is 0 Å². The first-order valence-electron chi connectivity index (χ1n) is 2.87. The maximum absolute atomic E-state index is 10.5. The highest BCUT2D eigenvalue weighted by Crippen LogP contribution is 2.01. The van der Waals surface area contributed by atoms with Crippen molar-refractivity contribution in [2.75, 3.05) is 13.2 Å². The predicted octanol–water partition coefficient (Wildman–Crippen LogP) is 0.336. The van der Waals surface area contributed by atoms with Gasteiger partial charge < -0.3 is 0 Å². The number of hydrogen-bond donors (Lipinski definition) is 0. The van der Waals surface area contributed by atoms with Gasteiger partial charge in [-0.05, 0) is 0 Å². The number of hydroxylamine groups is 2. The van der Waals surface area contributed by atoms with Gasteiger partial charge in [0.15, 0.2) is 5.78 Å². The number of hydrogen-bond acceptors (Lipinski definition) is 3. The normalized spacial score (nSPS) is 20.0. The number of ketones is 1. The third-order valence-electron chi connectivity index (χ3n) is 1.21. The summed E-state index contributed by atoms with van der Waals surface area (Å²) in [5.74, 6) is 0.160. The molecule has 0 aromatic rings. The number of nitrogens with zero attached hydrogens (tertiary/aromatic N) is 1. The molecule has 0 atom stereocenters. The first-order valence-corrected chi connectivity index (χ1v) is 2.87. The van der Waals surface area contributed by atoms with Crippen LogP contribution in [0.25, 0.3) is 0 Å². The second kappa shape index (κ2) is 2.64. The number of Topliss-reactive ketones (excluding diaryl/α,β-unsaturated/α-hetero) is 1. The van der Waals surface area contributed by atoms with Crippen LogP contribution < -0.4 is 0 Å². The molecule has 3 nitrogen and oxygen atoms in total. The lowest BCUT2D eigenvalue weighted by Crippen LogP contribution is -2.30. The SMILES string of the molecule is C=CN1CCC(=O)CO1. The van der Waals surface area contributed by atoms with Crippen LogP contribution in [0.1, 0.15) is 6.42 Å². The van der Waals surface area contributed by atoms with E-state index in [1.165, 1.54) is 0 Å². The molecule has 0 aromatic heterocycles. The first kappa shape index (κ1) is 6.29. The molecule has 0 unspecified atom stereocenters. The number of rotatable bonds is 1. The van der Waals surface area contributed by atoms with E-state index in [0.29, 0.717) is 13.0 Å². The molecule has 1 aliphatic rings. The summed E-state index contributed by atoms with van der Waals surface area (Å²) in [6.45, 7) is 4.34. The largest absolute Gasteiger partial charge is 0.297 e. The Bertz CT molecular complexity index is 123. The van der Waals surface area contributed by atoms with Crippen molar-refractivity contribution >= 4 is 5.78 Å². The van der Waals surface area contributed by atoms with Gasteiger partial charge in [0, 0.05) is 12.6 Å². The highest BCUT2D eigenvalue weighted by molar-refractivity contribution is 5.80. The van der Waals surface area contributed by atoms with Crippen molar-refractivity contribution in [2.24, 2.45) is 0 Å². The van der Waals surface area contributed by atoms with Crippen LogP contribution in [0.5, 0.6) is 0 Å². The average molecular weight is 127 g/mol. The van der Waals surface area contributed by atoms with Crippen molar-refractivity contribution < 1.29 is 9.63 Å². The molecule has 0 radical (unpaired) electrons. The van der Waals surface area contributed by atoms with Gasteiger partial charge in [-0.2, -0.15) is 0 Å². The summed E-state index contributed by atoms with van der Waals surface area (Å²) in [6.07, 6.45) is 2.15. The monoisotopic (exact) mass is 127 g/mol. The Hall–Kier alpha value is -0.830. The van der Waals surface area contributed by atoms with Gasteiger partial charge in [0.2, 0.25) is 0 Å². The predicted molar refractivity (Wildman–Crippen MR) is 32.5 cm³/mol. The summed E-state index contributed by atoms with van der Waals surface area (Å²) < 4.78 is 0. The minimum atomic E-state index is 0.160. The van der Waals surface area contributed by atoms with E-state index in [0.717, 1.165) is 0 Å². The minimum Gasteiger partial charge on any atom is -0.297 e. The second-order valence-electron chi connectivity index (χ2n) is 1.89. The molecule has 0 saturated carbocycles. The minimum absolute atomic E-state index is 0.160. The summed E-state index contributed by atoms with van der Waals surface area (Å²) >= 11 is 0. The topological polar surface area (TPSA) is 29.5 Å². The van der Waals surface area contributed by atoms with E-state index in [1.54, 1.807) is 11.3 Å². The fourth-order valence-electron chi connectivity index (χ4n) is 0.671. The molecule has 9 heavy (non-hydrogen) atoms. The molecule has 50 valence electrons. The third kappa shape index (κ3) is 1.54. The van der Waals surface area contributed by atoms with Crippen molar-refractivity contribution in [3.8, 4) is 0 Å². The Morgan fingerprint density at radius 3 is 3.00 bits per heavy atom. The second-order valence-corrected chi connectivity index (χ2v) is 1.89. The molecule has 1 aliphatic heterocycles. The van der Waals surface area contributed by atoms with E-state index in [2.05, 4.69) is 6.58 Å². The Labute approximate surface area is 53.9 Å². The summed E-state index contributed by atoms with van der Waals surface area (Å²) in [7, 11) is 0. The fourth-order valence-corrected chi connectivity index (χ4v) is 0.671. The Balaban J connectivity index is 2.34. The zero-order valence-electron chi connectivity index (χ0n) is 5.17. The molecule has 1 saturated heterocycles. The molecule has 0 bridgehead atoms. The first-order chi connectivity index (χ1) is 4.33. The molecule has 1 heterocycles. The van der Waals surface area contributed by atoms with E-state index < -0.39 is 0 Å². The zero-order chi connectivity index (χ0) is 6.69. The molecular weight excluding hydrogens is 118 g/mol. The van der Waals surface area contributed by atoms with Gasteiger partial charge in [0.05, 0.1) is 6.54 Å². The number of carbonyl (C=O) groups excluding carboxylic acids is 1. The van der Waals surface area contributed by atoms with Crippen LogP contribution in [0.4, 0.5) is 0 Å². The molecule has 0 aromatic carbocycles. The van der Waals surface area contributed by atoms with Crippen molar-refractivity contribution in [3.05, 3.63) is 12.8 Å². The van der Waals surface area contributed by atoms with E-state index in [-0.39, 0.29) is 12.4 Å². The molecule has 0 amide bonds. The highest BCUT2D eigenvalue weighted by Gasteiger charge is 2.12. The van der Waals surface area contributed by atoms with Crippen LogP contribution >= 0.6 is 0 Å².